The Hall–Kier alpha value is -0.690. The maximum atomic E-state index is 12.4. The molecule has 0 radical (unpaired) electrons. The van der Waals surface area contributed by atoms with Gasteiger partial charge in [0.1, 0.15) is 11.9 Å². The molecule has 220 valence electrons. The molecule has 0 saturated carbocycles. The number of alkyl halides is 1. The van der Waals surface area contributed by atoms with E-state index in [-0.39, 0.29) is 19.0 Å². The van der Waals surface area contributed by atoms with Gasteiger partial charge in [-0.1, -0.05) is 131 Å². The summed E-state index contributed by atoms with van der Waals surface area (Å²) >= 11 is 3.36. The van der Waals surface area contributed by atoms with Crippen LogP contribution >= 0.6 is 23.8 Å². The zero-order valence-corrected chi connectivity index (χ0v) is 26.3. The number of hydrogen-bond donors (Lipinski definition) is 1. The van der Waals surface area contributed by atoms with Gasteiger partial charge in [-0.25, -0.2) is 4.57 Å². The van der Waals surface area contributed by atoms with Gasteiger partial charge in [0.25, 0.3) is 0 Å². The van der Waals surface area contributed by atoms with E-state index in [4.69, 9.17) is 18.5 Å². The molecule has 0 aromatic heterocycles. The lowest BCUT2D eigenvalue weighted by molar-refractivity contribution is -0.0340. The van der Waals surface area contributed by atoms with Crippen LogP contribution in [0.25, 0.3) is 0 Å². The first-order chi connectivity index (χ1) is 18.4. The summed E-state index contributed by atoms with van der Waals surface area (Å²) in [6.45, 7) is 9.12. The van der Waals surface area contributed by atoms with Gasteiger partial charge < -0.3 is 14.0 Å². The Morgan fingerprint density at radius 3 is 2.08 bits per heavy atom. The quantitative estimate of drug-likeness (QED) is 0.0482. The van der Waals surface area contributed by atoms with Crippen molar-refractivity contribution < 1.29 is 28.0 Å². The molecule has 0 aliphatic heterocycles. The lowest BCUT2D eigenvalue weighted by Gasteiger charge is -2.20. The summed E-state index contributed by atoms with van der Waals surface area (Å²) in [5, 5.41) is 0.619. The SMILES string of the molecule is C=C(C)COC(COCCCCCCCCCCCCCCCC)COP(=O)(O)Oc1cccc(CBr)c1. The molecular weight excluding hydrogens is 567 g/mol. The van der Waals surface area contributed by atoms with Crippen molar-refractivity contribution in [1.29, 1.82) is 0 Å². The fraction of sp³-hybridized carbons (Fsp3) is 0.733. The van der Waals surface area contributed by atoms with Crippen LogP contribution in [-0.2, 0) is 23.9 Å². The average Bonchev–Trinajstić information content (AvgIpc) is 2.89. The van der Waals surface area contributed by atoms with E-state index in [1.54, 1.807) is 18.2 Å². The largest absolute Gasteiger partial charge is 0.527 e. The summed E-state index contributed by atoms with van der Waals surface area (Å²) in [6.07, 6.45) is 18.0. The summed E-state index contributed by atoms with van der Waals surface area (Å²) in [4.78, 5) is 10.2. The molecule has 0 bridgehead atoms. The van der Waals surface area contributed by atoms with Crippen molar-refractivity contribution in [2.45, 2.75) is 115 Å². The summed E-state index contributed by atoms with van der Waals surface area (Å²) in [7, 11) is -4.30. The van der Waals surface area contributed by atoms with Crippen molar-refractivity contribution in [3.8, 4) is 5.75 Å². The third-order valence-corrected chi connectivity index (χ3v) is 7.77. The second-order valence-electron chi connectivity index (χ2n) is 10.2. The molecule has 0 aliphatic rings. The molecule has 0 aliphatic carbocycles. The second-order valence-corrected chi connectivity index (χ2v) is 12.1. The van der Waals surface area contributed by atoms with E-state index in [2.05, 4.69) is 29.4 Å². The third-order valence-electron chi connectivity index (χ3n) is 6.21. The molecule has 2 atom stereocenters. The second kappa shape index (κ2) is 23.1. The van der Waals surface area contributed by atoms with Crippen LogP contribution in [-0.4, -0.2) is 37.4 Å². The molecule has 1 N–H and O–H groups in total. The van der Waals surface area contributed by atoms with Gasteiger partial charge in [0.15, 0.2) is 0 Å². The summed E-state index contributed by atoms with van der Waals surface area (Å²) in [5.41, 5.74) is 1.79. The number of phosphoric ester groups is 1. The lowest BCUT2D eigenvalue weighted by Crippen LogP contribution is -2.26. The highest BCUT2D eigenvalue weighted by Gasteiger charge is 2.25. The van der Waals surface area contributed by atoms with Crippen LogP contribution in [0.5, 0.6) is 5.75 Å². The maximum absolute atomic E-state index is 12.4. The van der Waals surface area contributed by atoms with Gasteiger partial charge in [-0.15, -0.1) is 0 Å². The number of unbranched alkanes of at least 4 members (excludes halogenated alkanes) is 13. The van der Waals surface area contributed by atoms with Crippen LogP contribution in [0.15, 0.2) is 36.4 Å². The number of ether oxygens (including phenoxy) is 2. The standard InChI is InChI=1S/C30H52BrO6P/c1-4-5-6-7-8-9-10-11-12-13-14-15-16-17-21-34-25-30(35-24-27(2)3)26-36-38(32,33)37-29-20-18-19-28(22-29)23-31/h18-20,22,30H,2,4-17,21,23-26H2,1,3H3,(H,32,33). The molecule has 0 amide bonds. The van der Waals surface area contributed by atoms with Gasteiger partial charge in [-0.2, -0.15) is 0 Å². The lowest BCUT2D eigenvalue weighted by atomic mass is 10.0. The highest BCUT2D eigenvalue weighted by Crippen LogP contribution is 2.44. The number of hydrogen-bond acceptors (Lipinski definition) is 5. The zero-order chi connectivity index (χ0) is 27.9. The highest BCUT2D eigenvalue weighted by molar-refractivity contribution is 9.08. The molecule has 38 heavy (non-hydrogen) atoms. The Kier molecular flexibility index (Phi) is 21.4. The van der Waals surface area contributed by atoms with Crippen LogP contribution in [0.2, 0.25) is 0 Å². The Morgan fingerprint density at radius 2 is 1.53 bits per heavy atom. The molecule has 0 heterocycles. The molecule has 2 unspecified atom stereocenters. The molecule has 0 saturated heterocycles. The molecule has 6 nitrogen and oxygen atoms in total. The molecule has 1 aromatic carbocycles. The van der Waals surface area contributed by atoms with Crippen molar-refractivity contribution in [1.82, 2.24) is 0 Å². The Morgan fingerprint density at radius 1 is 0.947 bits per heavy atom. The normalized spacial score (nSPS) is 13.8. The van der Waals surface area contributed by atoms with Crippen molar-refractivity contribution >= 4 is 23.8 Å². The van der Waals surface area contributed by atoms with E-state index >= 15 is 0 Å². The number of halogens is 1. The summed E-state index contributed by atoms with van der Waals surface area (Å²) in [6, 6.07) is 6.96. The first kappa shape index (κ1) is 35.3. The van der Waals surface area contributed by atoms with E-state index in [0.717, 1.165) is 24.0 Å². The summed E-state index contributed by atoms with van der Waals surface area (Å²) in [5.74, 6) is 0.279. The van der Waals surface area contributed by atoms with Crippen LogP contribution in [0, 0.1) is 0 Å². The number of benzene rings is 1. The fourth-order valence-electron chi connectivity index (χ4n) is 4.04. The molecule has 8 heteroatoms. The van der Waals surface area contributed by atoms with E-state index in [1.165, 1.54) is 77.0 Å². The number of phosphoric acid groups is 1. The minimum absolute atomic E-state index is 0.113. The molecule has 1 aromatic rings. The Labute approximate surface area is 240 Å². The predicted octanol–water partition coefficient (Wildman–Crippen LogP) is 9.54. The van der Waals surface area contributed by atoms with Gasteiger partial charge in [0, 0.05) is 11.9 Å². The predicted molar refractivity (Wildman–Crippen MR) is 161 cm³/mol. The fourth-order valence-corrected chi connectivity index (χ4v) is 5.18. The Bertz CT molecular complexity index is 775. The van der Waals surface area contributed by atoms with Crippen LogP contribution in [0.4, 0.5) is 0 Å². The molecule has 1 rings (SSSR count). The van der Waals surface area contributed by atoms with Crippen molar-refractivity contribution in [3.63, 3.8) is 0 Å². The molecule has 0 fully saturated rings. The average molecular weight is 620 g/mol. The first-order valence-corrected chi connectivity index (χ1v) is 17.1. The monoisotopic (exact) mass is 618 g/mol. The Balaban J connectivity index is 2.16. The van der Waals surface area contributed by atoms with Gasteiger partial charge in [-0.05, 0) is 31.0 Å². The topological polar surface area (TPSA) is 74.2 Å². The van der Waals surface area contributed by atoms with Crippen molar-refractivity contribution in [2.24, 2.45) is 0 Å². The third kappa shape index (κ3) is 20.2. The summed E-state index contributed by atoms with van der Waals surface area (Å²) < 4.78 is 34.4. The highest BCUT2D eigenvalue weighted by atomic mass is 79.9. The van der Waals surface area contributed by atoms with Gasteiger partial charge in [-0.3, -0.25) is 9.42 Å². The van der Waals surface area contributed by atoms with Crippen molar-refractivity contribution in [2.75, 3.05) is 26.4 Å². The maximum Gasteiger partial charge on any atom is 0.527 e. The van der Waals surface area contributed by atoms with E-state index < -0.39 is 13.9 Å². The smallest absolute Gasteiger partial charge is 0.404 e. The minimum Gasteiger partial charge on any atom is -0.404 e. The van der Waals surface area contributed by atoms with E-state index in [0.29, 0.717) is 18.5 Å². The molecule has 0 spiro atoms. The van der Waals surface area contributed by atoms with E-state index in [9.17, 15) is 9.46 Å². The van der Waals surface area contributed by atoms with Gasteiger partial charge in [0.05, 0.1) is 19.8 Å². The van der Waals surface area contributed by atoms with Crippen LogP contribution in [0.3, 0.4) is 0 Å². The van der Waals surface area contributed by atoms with Crippen LogP contribution in [0.1, 0.15) is 109 Å². The molecular formula is C30H52BrO6P. The minimum atomic E-state index is -4.30. The number of rotatable bonds is 26. The van der Waals surface area contributed by atoms with Crippen LogP contribution < -0.4 is 4.52 Å². The van der Waals surface area contributed by atoms with Gasteiger partial charge >= 0.3 is 7.82 Å². The van der Waals surface area contributed by atoms with Gasteiger partial charge in [0.2, 0.25) is 0 Å². The van der Waals surface area contributed by atoms with Crippen molar-refractivity contribution in [3.05, 3.63) is 42.0 Å². The zero-order valence-electron chi connectivity index (χ0n) is 23.8. The first-order valence-electron chi connectivity index (χ1n) is 14.5. The van der Waals surface area contributed by atoms with E-state index in [1.807, 2.05) is 13.0 Å².